The molecule has 1 aromatic heterocycles. The molecule has 4 aromatic rings. The van der Waals surface area contributed by atoms with E-state index < -0.39 is 6.04 Å². The fraction of sp³-hybridized carbons (Fsp3) is 0.300. The highest BCUT2D eigenvalue weighted by Crippen LogP contribution is 2.26. The predicted octanol–water partition coefficient (Wildman–Crippen LogP) is 6.03. The molecular weight excluding hydrogens is 450 g/mol. The molecule has 0 aliphatic rings. The summed E-state index contributed by atoms with van der Waals surface area (Å²) in [7, 11) is 0. The minimum Gasteiger partial charge on any atom is -0.494 e. The molecule has 0 bridgehead atoms. The largest absolute Gasteiger partial charge is 0.494 e. The van der Waals surface area contributed by atoms with E-state index >= 15 is 0 Å². The van der Waals surface area contributed by atoms with Crippen molar-refractivity contribution in [2.45, 2.75) is 40.2 Å². The van der Waals surface area contributed by atoms with Crippen LogP contribution in [0.3, 0.4) is 0 Å². The van der Waals surface area contributed by atoms with E-state index in [1.807, 2.05) is 91.5 Å². The van der Waals surface area contributed by atoms with Gasteiger partial charge in [0.15, 0.2) is 0 Å². The zero-order chi connectivity index (χ0) is 25.7. The van der Waals surface area contributed by atoms with E-state index in [1.165, 1.54) is 0 Å². The predicted molar refractivity (Wildman–Crippen MR) is 144 cm³/mol. The molecule has 1 unspecified atom stereocenters. The summed E-state index contributed by atoms with van der Waals surface area (Å²) < 4.78 is 7.22. The summed E-state index contributed by atoms with van der Waals surface area (Å²) in [6.07, 6.45) is 0.837. The van der Waals surface area contributed by atoms with Crippen LogP contribution in [0.2, 0.25) is 0 Å². The number of fused-ring (bicyclic) bond motifs is 1. The number of carbonyl (C=O) groups is 1. The van der Waals surface area contributed by atoms with Crippen LogP contribution in [0.15, 0.2) is 83.7 Å². The number of nitrogens with zero attached hydrogens (tertiary/aromatic N) is 3. The van der Waals surface area contributed by atoms with E-state index in [0.717, 1.165) is 12.2 Å². The first-order chi connectivity index (χ1) is 17.4. The van der Waals surface area contributed by atoms with Gasteiger partial charge in [0.05, 0.1) is 29.2 Å². The molecule has 4 rings (SSSR count). The first kappa shape index (κ1) is 25.2. The van der Waals surface area contributed by atoms with Crippen LogP contribution in [0.4, 0.5) is 0 Å². The number of ether oxygens (including phenoxy) is 1. The molecule has 0 aliphatic heterocycles. The first-order valence-electron chi connectivity index (χ1n) is 12.5. The van der Waals surface area contributed by atoms with E-state index in [0.29, 0.717) is 47.0 Å². The standard InChI is InChI=1S/C30H33N3O3/c1-5-36-25-17-15-24(16-18-25)33-28(31-27-14-10-9-13-26(27)30(33)35)22(4)32(20-19-21(2)3)29(34)23-11-7-6-8-12-23/h6-18,21-22H,5,19-20H2,1-4H3. The third-order valence-electron chi connectivity index (χ3n) is 6.28. The van der Waals surface area contributed by atoms with E-state index in [-0.39, 0.29) is 11.5 Å². The second-order valence-electron chi connectivity index (χ2n) is 9.28. The van der Waals surface area contributed by atoms with Crippen molar-refractivity contribution in [1.29, 1.82) is 0 Å². The van der Waals surface area contributed by atoms with Gasteiger partial charge in [-0.3, -0.25) is 14.2 Å². The van der Waals surface area contributed by atoms with Gasteiger partial charge in [0.1, 0.15) is 11.6 Å². The molecule has 1 heterocycles. The summed E-state index contributed by atoms with van der Waals surface area (Å²) in [5.74, 6) is 1.59. The fourth-order valence-electron chi connectivity index (χ4n) is 4.29. The molecule has 1 amide bonds. The molecule has 6 nitrogen and oxygen atoms in total. The summed E-state index contributed by atoms with van der Waals surface area (Å²) in [6, 6.07) is 23.6. The Labute approximate surface area is 212 Å². The summed E-state index contributed by atoms with van der Waals surface area (Å²) in [5.41, 5.74) is 1.74. The quantitative estimate of drug-likeness (QED) is 0.291. The highest BCUT2D eigenvalue weighted by atomic mass is 16.5. The molecule has 0 aliphatic carbocycles. The Kier molecular flexibility index (Phi) is 7.84. The number of benzene rings is 3. The third-order valence-corrected chi connectivity index (χ3v) is 6.28. The van der Waals surface area contributed by atoms with Gasteiger partial charge in [-0.15, -0.1) is 0 Å². The highest BCUT2D eigenvalue weighted by molar-refractivity contribution is 5.94. The lowest BCUT2D eigenvalue weighted by Crippen LogP contribution is -2.38. The van der Waals surface area contributed by atoms with Gasteiger partial charge in [0.25, 0.3) is 11.5 Å². The van der Waals surface area contributed by atoms with Gasteiger partial charge in [0, 0.05) is 12.1 Å². The van der Waals surface area contributed by atoms with Crippen LogP contribution < -0.4 is 10.3 Å². The molecule has 6 heteroatoms. The molecule has 0 saturated heterocycles. The molecule has 0 radical (unpaired) electrons. The normalized spacial score (nSPS) is 12.0. The zero-order valence-electron chi connectivity index (χ0n) is 21.3. The van der Waals surface area contributed by atoms with E-state index in [4.69, 9.17) is 9.72 Å². The Bertz CT molecular complexity index is 1380. The van der Waals surface area contributed by atoms with Gasteiger partial charge in [-0.25, -0.2) is 4.98 Å². The summed E-state index contributed by atoms with van der Waals surface area (Å²) in [4.78, 5) is 34.2. The van der Waals surface area contributed by atoms with Gasteiger partial charge in [-0.2, -0.15) is 0 Å². The number of hydrogen-bond donors (Lipinski definition) is 0. The maximum Gasteiger partial charge on any atom is 0.266 e. The van der Waals surface area contributed by atoms with E-state index in [9.17, 15) is 9.59 Å². The molecule has 36 heavy (non-hydrogen) atoms. The van der Waals surface area contributed by atoms with E-state index in [1.54, 1.807) is 10.6 Å². The van der Waals surface area contributed by atoms with Gasteiger partial charge in [-0.05, 0) is 74.7 Å². The molecular formula is C30H33N3O3. The highest BCUT2D eigenvalue weighted by Gasteiger charge is 2.27. The van der Waals surface area contributed by atoms with Crippen LogP contribution in [-0.4, -0.2) is 33.5 Å². The van der Waals surface area contributed by atoms with Crippen molar-refractivity contribution in [1.82, 2.24) is 14.5 Å². The number of carbonyl (C=O) groups excluding carboxylic acids is 1. The van der Waals surface area contributed by atoms with Crippen molar-refractivity contribution in [2.24, 2.45) is 5.92 Å². The Hall–Kier alpha value is -3.93. The SMILES string of the molecule is CCOc1ccc(-n2c(C(C)N(CCC(C)C)C(=O)c3ccccc3)nc3ccccc3c2=O)cc1. The number of aromatic nitrogens is 2. The van der Waals surface area contributed by atoms with Crippen LogP contribution in [0.1, 0.15) is 56.3 Å². The van der Waals surface area contributed by atoms with Crippen molar-refractivity contribution in [2.75, 3.05) is 13.2 Å². The van der Waals surface area contributed by atoms with Crippen molar-refractivity contribution < 1.29 is 9.53 Å². The molecule has 1 atom stereocenters. The van der Waals surface area contributed by atoms with Gasteiger partial charge < -0.3 is 9.64 Å². The van der Waals surface area contributed by atoms with Crippen LogP contribution in [-0.2, 0) is 0 Å². The fourth-order valence-corrected chi connectivity index (χ4v) is 4.29. The summed E-state index contributed by atoms with van der Waals surface area (Å²) in [5, 5.41) is 0.533. The molecule has 0 N–H and O–H groups in total. The minimum atomic E-state index is -0.444. The lowest BCUT2D eigenvalue weighted by atomic mass is 10.1. The average molecular weight is 484 g/mol. The average Bonchev–Trinajstić information content (AvgIpc) is 2.89. The Morgan fingerprint density at radius 3 is 2.28 bits per heavy atom. The van der Waals surface area contributed by atoms with E-state index in [2.05, 4.69) is 13.8 Å². The molecule has 0 spiro atoms. The summed E-state index contributed by atoms with van der Waals surface area (Å²) >= 11 is 0. The van der Waals surface area contributed by atoms with Crippen molar-refractivity contribution >= 4 is 16.8 Å². The maximum atomic E-state index is 13.8. The smallest absolute Gasteiger partial charge is 0.266 e. The Balaban J connectivity index is 1.87. The number of rotatable bonds is 9. The minimum absolute atomic E-state index is 0.0793. The number of amides is 1. The number of para-hydroxylation sites is 1. The summed E-state index contributed by atoms with van der Waals surface area (Å²) in [6.45, 7) is 9.27. The third kappa shape index (κ3) is 5.33. The van der Waals surface area contributed by atoms with Crippen molar-refractivity contribution in [3.8, 4) is 11.4 Å². The first-order valence-corrected chi connectivity index (χ1v) is 12.5. The molecule has 0 saturated carbocycles. The van der Waals surface area contributed by atoms with Gasteiger partial charge in [0.2, 0.25) is 0 Å². The zero-order valence-corrected chi connectivity index (χ0v) is 21.3. The lowest BCUT2D eigenvalue weighted by molar-refractivity contribution is 0.0671. The second-order valence-corrected chi connectivity index (χ2v) is 9.28. The van der Waals surface area contributed by atoms with Gasteiger partial charge >= 0.3 is 0 Å². The lowest BCUT2D eigenvalue weighted by Gasteiger charge is -2.31. The monoisotopic (exact) mass is 483 g/mol. The topological polar surface area (TPSA) is 64.4 Å². The number of hydrogen-bond acceptors (Lipinski definition) is 4. The second kappa shape index (κ2) is 11.2. The van der Waals surface area contributed by atoms with Crippen molar-refractivity contribution in [3.63, 3.8) is 0 Å². The Morgan fingerprint density at radius 2 is 1.61 bits per heavy atom. The van der Waals surface area contributed by atoms with Crippen LogP contribution in [0.25, 0.3) is 16.6 Å². The maximum absolute atomic E-state index is 13.8. The van der Waals surface area contributed by atoms with Crippen molar-refractivity contribution in [3.05, 3.63) is 101 Å². The van der Waals surface area contributed by atoms with Crippen LogP contribution >= 0.6 is 0 Å². The molecule has 3 aromatic carbocycles. The Morgan fingerprint density at radius 1 is 0.944 bits per heavy atom. The molecule has 186 valence electrons. The van der Waals surface area contributed by atoms with Crippen LogP contribution in [0.5, 0.6) is 5.75 Å². The van der Waals surface area contributed by atoms with Gasteiger partial charge in [-0.1, -0.05) is 44.2 Å². The molecule has 0 fully saturated rings. The van der Waals surface area contributed by atoms with Crippen LogP contribution in [0, 0.1) is 5.92 Å².